The lowest BCUT2D eigenvalue weighted by Gasteiger charge is -2.32. The standard InChI is InChI=1S/C14H21N.ClH/c1-8-9(2)11(4)14(12(5)10(8)3)13-6-7-15-13;/h13,15H,6-7H2,1-5H3;1H/t13-;/m1./s1. The van der Waals surface area contributed by atoms with Crippen molar-refractivity contribution in [3.8, 4) is 0 Å². The van der Waals surface area contributed by atoms with Gasteiger partial charge in [-0.15, -0.1) is 12.4 Å². The second-order valence-electron chi connectivity index (χ2n) is 4.83. The van der Waals surface area contributed by atoms with Gasteiger partial charge in [-0.25, -0.2) is 0 Å². The van der Waals surface area contributed by atoms with Gasteiger partial charge in [-0.1, -0.05) is 0 Å². The van der Waals surface area contributed by atoms with Crippen LogP contribution in [0.15, 0.2) is 0 Å². The molecule has 0 radical (unpaired) electrons. The van der Waals surface area contributed by atoms with Gasteiger partial charge in [0.15, 0.2) is 0 Å². The maximum Gasteiger partial charge on any atom is 0.0337 e. The first kappa shape index (κ1) is 13.5. The molecule has 0 unspecified atom stereocenters. The second kappa shape index (κ2) is 4.77. The van der Waals surface area contributed by atoms with Crippen LogP contribution < -0.4 is 5.32 Å². The maximum atomic E-state index is 3.52. The lowest BCUT2D eigenvalue weighted by Crippen LogP contribution is -2.36. The Morgan fingerprint density at radius 1 is 0.812 bits per heavy atom. The number of nitrogens with one attached hydrogen (secondary N) is 1. The SMILES string of the molecule is Cc1c(C)c(C)c([C@H]2CCN2)c(C)c1C.Cl. The minimum absolute atomic E-state index is 0. The lowest BCUT2D eigenvalue weighted by molar-refractivity contribution is 0.380. The van der Waals surface area contributed by atoms with Gasteiger partial charge < -0.3 is 5.32 Å². The molecule has 0 amide bonds. The van der Waals surface area contributed by atoms with E-state index in [-0.39, 0.29) is 12.4 Å². The van der Waals surface area contributed by atoms with E-state index < -0.39 is 0 Å². The topological polar surface area (TPSA) is 12.0 Å². The number of hydrogen-bond acceptors (Lipinski definition) is 1. The van der Waals surface area contributed by atoms with E-state index in [4.69, 9.17) is 0 Å². The summed E-state index contributed by atoms with van der Waals surface area (Å²) in [5.74, 6) is 0. The summed E-state index contributed by atoms with van der Waals surface area (Å²) in [5, 5.41) is 3.52. The maximum absolute atomic E-state index is 3.52. The summed E-state index contributed by atoms with van der Waals surface area (Å²) in [5.41, 5.74) is 8.96. The van der Waals surface area contributed by atoms with Crippen LogP contribution in [0.5, 0.6) is 0 Å². The fourth-order valence-corrected chi connectivity index (χ4v) is 2.59. The number of halogens is 1. The molecule has 90 valence electrons. The van der Waals surface area contributed by atoms with Crippen molar-refractivity contribution in [2.45, 2.75) is 47.1 Å². The smallest absolute Gasteiger partial charge is 0.0337 e. The van der Waals surface area contributed by atoms with E-state index in [0.29, 0.717) is 6.04 Å². The molecule has 0 saturated carbocycles. The molecule has 1 atom stereocenters. The third-order valence-corrected chi connectivity index (χ3v) is 4.23. The Hall–Kier alpha value is -0.530. The van der Waals surface area contributed by atoms with E-state index in [1.807, 2.05) is 0 Å². The molecular formula is C14H22ClN. The Balaban J connectivity index is 0.00000128. The molecule has 1 aliphatic rings. The second-order valence-corrected chi connectivity index (χ2v) is 4.83. The molecule has 1 fully saturated rings. The number of rotatable bonds is 1. The zero-order chi connectivity index (χ0) is 11.2. The summed E-state index contributed by atoms with van der Waals surface area (Å²) in [6.07, 6.45) is 1.30. The molecule has 0 aliphatic carbocycles. The van der Waals surface area contributed by atoms with Crippen LogP contribution >= 0.6 is 12.4 Å². The molecule has 16 heavy (non-hydrogen) atoms. The number of benzene rings is 1. The van der Waals surface area contributed by atoms with E-state index >= 15 is 0 Å². The molecule has 1 aliphatic heterocycles. The Morgan fingerprint density at radius 3 is 1.50 bits per heavy atom. The lowest BCUT2D eigenvalue weighted by atomic mass is 9.83. The predicted octanol–water partition coefficient (Wildman–Crippen LogP) is 3.68. The van der Waals surface area contributed by atoms with Gasteiger partial charge >= 0.3 is 0 Å². The molecule has 2 heteroatoms. The summed E-state index contributed by atoms with van der Waals surface area (Å²) in [6.45, 7) is 12.4. The molecule has 1 heterocycles. The van der Waals surface area contributed by atoms with Crippen molar-refractivity contribution < 1.29 is 0 Å². The highest BCUT2D eigenvalue weighted by atomic mass is 35.5. The quantitative estimate of drug-likeness (QED) is 0.788. The van der Waals surface area contributed by atoms with Crippen molar-refractivity contribution in [2.75, 3.05) is 6.54 Å². The fraction of sp³-hybridized carbons (Fsp3) is 0.571. The largest absolute Gasteiger partial charge is 0.310 e. The Labute approximate surface area is 105 Å². The zero-order valence-electron chi connectivity index (χ0n) is 10.9. The minimum atomic E-state index is 0. The number of hydrogen-bond donors (Lipinski definition) is 1. The van der Waals surface area contributed by atoms with Crippen LogP contribution in [0.4, 0.5) is 0 Å². The van der Waals surface area contributed by atoms with Crippen LogP contribution in [-0.2, 0) is 0 Å². The van der Waals surface area contributed by atoms with Gasteiger partial charge in [-0.3, -0.25) is 0 Å². The molecule has 1 aromatic rings. The van der Waals surface area contributed by atoms with Crippen LogP contribution in [0, 0.1) is 34.6 Å². The van der Waals surface area contributed by atoms with Crippen LogP contribution in [-0.4, -0.2) is 6.54 Å². The van der Waals surface area contributed by atoms with Gasteiger partial charge in [0.2, 0.25) is 0 Å². The van der Waals surface area contributed by atoms with Crippen molar-refractivity contribution in [1.29, 1.82) is 0 Å². The molecule has 0 aromatic heterocycles. The highest BCUT2D eigenvalue weighted by molar-refractivity contribution is 5.85. The third kappa shape index (κ3) is 1.87. The molecule has 1 N–H and O–H groups in total. The normalized spacial score (nSPS) is 18.9. The summed E-state index contributed by atoms with van der Waals surface area (Å²) < 4.78 is 0. The van der Waals surface area contributed by atoms with Gasteiger partial charge in [-0.05, 0) is 81.0 Å². The minimum Gasteiger partial charge on any atom is -0.310 e. The Bertz CT molecular complexity index is 377. The van der Waals surface area contributed by atoms with Crippen LogP contribution in [0.25, 0.3) is 0 Å². The van der Waals surface area contributed by atoms with Crippen LogP contribution in [0.1, 0.15) is 45.8 Å². The van der Waals surface area contributed by atoms with Crippen molar-refractivity contribution in [3.05, 3.63) is 33.4 Å². The summed E-state index contributed by atoms with van der Waals surface area (Å²) >= 11 is 0. The monoisotopic (exact) mass is 239 g/mol. The first-order chi connectivity index (χ1) is 7.04. The summed E-state index contributed by atoms with van der Waals surface area (Å²) in [7, 11) is 0. The average Bonchev–Trinajstić information content (AvgIpc) is 2.15. The van der Waals surface area contributed by atoms with Crippen molar-refractivity contribution in [2.24, 2.45) is 0 Å². The summed E-state index contributed by atoms with van der Waals surface area (Å²) in [6, 6.07) is 0.614. The van der Waals surface area contributed by atoms with E-state index in [9.17, 15) is 0 Å². The van der Waals surface area contributed by atoms with E-state index in [1.165, 1.54) is 40.8 Å². The first-order valence-electron chi connectivity index (χ1n) is 5.84. The Kier molecular flexibility index (Phi) is 4.03. The van der Waals surface area contributed by atoms with E-state index in [2.05, 4.69) is 39.9 Å². The third-order valence-electron chi connectivity index (χ3n) is 4.23. The van der Waals surface area contributed by atoms with Crippen LogP contribution in [0.3, 0.4) is 0 Å². The van der Waals surface area contributed by atoms with Gasteiger partial charge in [0.25, 0.3) is 0 Å². The van der Waals surface area contributed by atoms with Gasteiger partial charge in [0, 0.05) is 6.04 Å². The first-order valence-corrected chi connectivity index (χ1v) is 5.84. The van der Waals surface area contributed by atoms with Gasteiger partial charge in [-0.2, -0.15) is 0 Å². The molecular weight excluding hydrogens is 218 g/mol. The highest BCUT2D eigenvalue weighted by Crippen LogP contribution is 2.34. The van der Waals surface area contributed by atoms with Crippen LogP contribution in [0.2, 0.25) is 0 Å². The highest BCUT2D eigenvalue weighted by Gasteiger charge is 2.24. The molecule has 2 rings (SSSR count). The van der Waals surface area contributed by atoms with Crippen molar-refractivity contribution in [1.82, 2.24) is 5.32 Å². The van der Waals surface area contributed by atoms with Gasteiger partial charge in [0.1, 0.15) is 0 Å². The van der Waals surface area contributed by atoms with Crippen molar-refractivity contribution in [3.63, 3.8) is 0 Å². The van der Waals surface area contributed by atoms with E-state index in [0.717, 1.165) is 0 Å². The Morgan fingerprint density at radius 2 is 1.19 bits per heavy atom. The summed E-state index contributed by atoms with van der Waals surface area (Å²) in [4.78, 5) is 0. The zero-order valence-corrected chi connectivity index (χ0v) is 11.7. The predicted molar refractivity (Wildman–Crippen MR) is 72.7 cm³/mol. The molecule has 0 bridgehead atoms. The molecule has 1 nitrogen and oxygen atoms in total. The molecule has 0 spiro atoms. The molecule has 1 aromatic carbocycles. The van der Waals surface area contributed by atoms with E-state index in [1.54, 1.807) is 5.56 Å². The molecule has 1 saturated heterocycles. The van der Waals surface area contributed by atoms with Crippen molar-refractivity contribution >= 4 is 12.4 Å². The van der Waals surface area contributed by atoms with Gasteiger partial charge in [0.05, 0.1) is 0 Å². The fourth-order valence-electron chi connectivity index (χ4n) is 2.59. The average molecular weight is 240 g/mol.